The summed E-state index contributed by atoms with van der Waals surface area (Å²) in [5.41, 5.74) is 1.20. The zero-order chi connectivity index (χ0) is 14.7. The van der Waals surface area contributed by atoms with Gasteiger partial charge in [0.1, 0.15) is 0 Å². The lowest BCUT2D eigenvalue weighted by Gasteiger charge is -2.11. The molecule has 0 saturated heterocycles. The van der Waals surface area contributed by atoms with E-state index < -0.39 is 0 Å². The molecule has 1 fully saturated rings. The van der Waals surface area contributed by atoms with Crippen molar-refractivity contribution in [3.05, 3.63) is 29.8 Å². The smallest absolute Gasteiger partial charge is 0.251 e. The Kier molecular flexibility index (Phi) is 4.39. The summed E-state index contributed by atoms with van der Waals surface area (Å²) in [6.45, 7) is 3.68. The first kappa shape index (κ1) is 14.5. The number of hydrogen-bond acceptors (Lipinski definition) is 3. The number of carbonyl (C=O) groups is 2. The van der Waals surface area contributed by atoms with E-state index in [2.05, 4.69) is 17.6 Å². The molecule has 0 bridgehead atoms. The Hall–Kier alpha value is -1.88. The van der Waals surface area contributed by atoms with Gasteiger partial charge in [0.25, 0.3) is 5.91 Å². The first-order chi connectivity index (χ1) is 9.51. The Balaban J connectivity index is 1.92. The second kappa shape index (κ2) is 6.05. The van der Waals surface area contributed by atoms with E-state index in [1.807, 2.05) is 0 Å². The normalized spacial score (nSPS) is 21.9. The highest BCUT2D eigenvalue weighted by molar-refractivity contribution is 5.97. The van der Waals surface area contributed by atoms with Crippen molar-refractivity contribution in [2.45, 2.75) is 26.3 Å². The predicted molar refractivity (Wildman–Crippen MR) is 76.4 cm³/mol. The third kappa shape index (κ3) is 3.57. The lowest BCUT2D eigenvalue weighted by atomic mass is 10.1. The fourth-order valence-corrected chi connectivity index (χ4v) is 1.98. The van der Waals surface area contributed by atoms with Crippen molar-refractivity contribution in [3.63, 3.8) is 0 Å². The summed E-state index contributed by atoms with van der Waals surface area (Å²) in [7, 11) is 0. The molecule has 0 aromatic heterocycles. The molecular weight excluding hydrogens is 256 g/mol. The Bertz CT molecular complexity index is 498. The van der Waals surface area contributed by atoms with Crippen LogP contribution in [0.5, 0.6) is 0 Å². The number of amides is 2. The van der Waals surface area contributed by atoms with E-state index in [0.717, 1.165) is 6.42 Å². The molecule has 0 heterocycles. The molecule has 0 aliphatic heterocycles. The highest BCUT2D eigenvalue weighted by atomic mass is 16.3. The van der Waals surface area contributed by atoms with E-state index >= 15 is 0 Å². The fraction of sp³-hybridized carbons (Fsp3) is 0.467. The fourth-order valence-electron chi connectivity index (χ4n) is 1.98. The van der Waals surface area contributed by atoms with Crippen molar-refractivity contribution < 1.29 is 14.7 Å². The summed E-state index contributed by atoms with van der Waals surface area (Å²) in [4.78, 5) is 23.6. The topological polar surface area (TPSA) is 78.4 Å². The van der Waals surface area contributed by atoms with Crippen molar-refractivity contribution in [2.75, 3.05) is 11.9 Å². The van der Waals surface area contributed by atoms with E-state index in [9.17, 15) is 9.59 Å². The zero-order valence-electron chi connectivity index (χ0n) is 11.7. The quantitative estimate of drug-likeness (QED) is 0.760. The highest BCUT2D eigenvalue weighted by Gasteiger charge is 2.38. The van der Waals surface area contributed by atoms with Gasteiger partial charge in [-0.2, -0.15) is 0 Å². The van der Waals surface area contributed by atoms with Gasteiger partial charge in [-0.05, 0) is 43.5 Å². The molecule has 5 nitrogen and oxygen atoms in total. The number of aliphatic hydroxyl groups is 1. The molecule has 108 valence electrons. The molecule has 0 radical (unpaired) electrons. The number of aliphatic hydroxyl groups excluding tert-OH is 1. The van der Waals surface area contributed by atoms with Gasteiger partial charge in [-0.3, -0.25) is 9.59 Å². The van der Waals surface area contributed by atoms with E-state index in [0.29, 0.717) is 17.2 Å². The van der Waals surface area contributed by atoms with Gasteiger partial charge in [0, 0.05) is 23.2 Å². The monoisotopic (exact) mass is 276 g/mol. The van der Waals surface area contributed by atoms with Crippen LogP contribution in [0.3, 0.4) is 0 Å². The summed E-state index contributed by atoms with van der Waals surface area (Å²) in [6, 6.07) is 6.46. The molecule has 3 N–H and O–H groups in total. The minimum absolute atomic E-state index is 0.0450. The average Bonchev–Trinajstić information content (AvgIpc) is 3.16. The third-order valence-corrected chi connectivity index (χ3v) is 3.51. The summed E-state index contributed by atoms with van der Waals surface area (Å²) in [5, 5.41) is 14.4. The number of benzene rings is 1. The van der Waals surface area contributed by atoms with Crippen LogP contribution >= 0.6 is 0 Å². The average molecular weight is 276 g/mol. The summed E-state index contributed by atoms with van der Waals surface area (Å²) < 4.78 is 0. The molecule has 1 aromatic rings. The maximum atomic E-state index is 11.8. The lowest BCUT2D eigenvalue weighted by molar-refractivity contribution is -0.117. The van der Waals surface area contributed by atoms with Crippen LogP contribution in [0.25, 0.3) is 0 Å². The Morgan fingerprint density at radius 1 is 1.35 bits per heavy atom. The second-order valence-corrected chi connectivity index (χ2v) is 5.44. The van der Waals surface area contributed by atoms with Crippen LogP contribution in [-0.2, 0) is 4.79 Å². The van der Waals surface area contributed by atoms with Gasteiger partial charge in [-0.25, -0.2) is 0 Å². The highest BCUT2D eigenvalue weighted by Crippen LogP contribution is 2.38. The summed E-state index contributed by atoms with van der Waals surface area (Å²) >= 11 is 0. The molecule has 2 amide bonds. The predicted octanol–water partition coefficient (Wildman–Crippen LogP) is 1.39. The van der Waals surface area contributed by atoms with E-state index in [-0.39, 0.29) is 30.4 Å². The molecule has 1 aliphatic rings. The molecule has 3 unspecified atom stereocenters. The van der Waals surface area contributed by atoms with E-state index in [1.165, 1.54) is 0 Å². The van der Waals surface area contributed by atoms with Gasteiger partial charge < -0.3 is 15.7 Å². The van der Waals surface area contributed by atoms with Crippen LogP contribution in [0.1, 0.15) is 30.6 Å². The van der Waals surface area contributed by atoms with Gasteiger partial charge in [-0.1, -0.05) is 6.92 Å². The molecule has 20 heavy (non-hydrogen) atoms. The standard InChI is InChI=1S/C15H20N2O3/c1-9-7-13(9)15(20)17-12-5-3-11(4-6-12)14(19)16-10(2)8-18/h3-6,9-10,13,18H,7-8H2,1-2H3,(H,16,19)(H,17,20). The van der Waals surface area contributed by atoms with E-state index in [4.69, 9.17) is 5.11 Å². The Morgan fingerprint density at radius 3 is 2.45 bits per heavy atom. The first-order valence-electron chi connectivity index (χ1n) is 6.84. The minimum Gasteiger partial charge on any atom is -0.394 e. The third-order valence-electron chi connectivity index (χ3n) is 3.51. The number of carbonyl (C=O) groups excluding carboxylic acids is 2. The molecule has 0 spiro atoms. The lowest BCUT2D eigenvalue weighted by Crippen LogP contribution is -2.34. The van der Waals surface area contributed by atoms with Crippen LogP contribution in [0.15, 0.2) is 24.3 Å². The minimum atomic E-state index is -0.279. The summed E-state index contributed by atoms with van der Waals surface area (Å²) in [6.07, 6.45) is 0.950. The van der Waals surface area contributed by atoms with Crippen molar-refractivity contribution >= 4 is 17.5 Å². The van der Waals surface area contributed by atoms with Gasteiger partial charge >= 0.3 is 0 Å². The van der Waals surface area contributed by atoms with Gasteiger partial charge in [0.2, 0.25) is 5.91 Å². The number of hydrogen-bond donors (Lipinski definition) is 3. The Morgan fingerprint density at radius 2 is 1.95 bits per heavy atom. The molecular formula is C15H20N2O3. The number of anilines is 1. The molecule has 3 atom stereocenters. The zero-order valence-corrected chi connectivity index (χ0v) is 11.7. The van der Waals surface area contributed by atoms with Crippen molar-refractivity contribution in [3.8, 4) is 0 Å². The SMILES string of the molecule is CC(CO)NC(=O)c1ccc(NC(=O)C2CC2C)cc1. The Labute approximate surface area is 118 Å². The van der Waals surface area contributed by atoms with Crippen LogP contribution in [0.2, 0.25) is 0 Å². The molecule has 2 rings (SSSR count). The molecule has 5 heteroatoms. The molecule has 1 saturated carbocycles. The van der Waals surface area contributed by atoms with Crippen molar-refractivity contribution in [2.24, 2.45) is 11.8 Å². The molecule has 1 aromatic carbocycles. The van der Waals surface area contributed by atoms with Gasteiger partial charge in [-0.15, -0.1) is 0 Å². The largest absolute Gasteiger partial charge is 0.394 e. The molecule has 1 aliphatic carbocycles. The number of nitrogens with one attached hydrogen (secondary N) is 2. The van der Waals surface area contributed by atoms with Crippen LogP contribution < -0.4 is 10.6 Å². The summed E-state index contributed by atoms with van der Waals surface area (Å²) in [5.74, 6) is 0.409. The maximum absolute atomic E-state index is 11.8. The van der Waals surface area contributed by atoms with Gasteiger partial charge in [0.05, 0.1) is 6.61 Å². The number of rotatable bonds is 5. The van der Waals surface area contributed by atoms with Crippen LogP contribution in [-0.4, -0.2) is 29.6 Å². The van der Waals surface area contributed by atoms with Crippen LogP contribution in [0, 0.1) is 11.8 Å². The second-order valence-electron chi connectivity index (χ2n) is 5.44. The van der Waals surface area contributed by atoms with Crippen molar-refractivity contribution in [1.82, 2.24) is 5.32 Å². The van der Waals surface area contributed by atoms with Crippen molar-refractivity contribution in [1.29, 1.82) is 0 Å². The van der Waals surface area contributed by atoms with Gasteiger partial charge in [0.15, 0.2) is 0 Å². The van der Waals surface area contributed by atoms with Crippen LogP contribution in [0.4, 0.5) is 5.69 Å². The first-order valence-corrected chi connectivity index (χ1v) is 6.84. The maximum Gasteiger partial charge on any atom is 0.251 e. The van der Waals surface area contributed by atoms with E-state index in [1.54, 1.807) is 31.2 Å².